The molecule has 8 heteroatoms. The van der Waals surface area contributed by atoms with E-state index in [9.17, 15) is 4.79 Å². The number of imidazole rings is 1. The highest BCUT2D eigenvalue weighted by molar-refractivity contribution is 5.85. The Morgan fingerprint density at radius 2 is 1.74 bits per heavy atom. The number of nitrogens with one attached hydrogen (secondary N) is 1. The van der Waals surface area contributed by atoms with Gasteiger partial charge >= 0.3 is 0 Å². The summed E-state index contributed by atoms with van der Waals surface area (Å²) in [4.78, 5) is 24.3. The minimum Gasteiger partial charge on any atom is -0.348 e. The molecule has 0 aliphatic carbocycles. The molecular weight excluding hydrogens is 433 g/mol. The molecule has 1 amide bonds. The zero-order valence-electron chi connectivity index (χ0n) is 18.1. The molecule has 0 atom stereocenters. The van der Waals surface area contributed by atoms with Crippen LogP contribution in [0.4, 0.5) is 0 Å². The molecule has 2 aliphatic heterocycles. The fourth-order valence-electron chi connectivity index (χ4n) is 4.81. The fourth-order valence-corrected chi connectivity index (χ4v) is 4.81. The normalized spacial score (nSPS) is 18.5. The lowest BCUT2D eigenvalue weighted by Gasteiger charge is -2.47. The van der Waals surface area contributed by atoms with Crippen molar-refractivity contribution in [3.8, 4) is 0 Å². The molecule has 3 heterocycles. The summed E-state index contributed by atoms with van der Waals surface area (Å²) in [7, 11) is 0. The maximum atomic E-state index is 12.4. The van der Waals surface area contributed by atoms with E-state index < -0.39 is 0 Å². The zero-order valence-corrected chi connectivity index (χ0v) is 19.7. The van der Waals surface area contributed by atoms with E-state index in [0.29, 0.717) is 24.3 Å². The summed E-state index contributed by atoms with van der Waals surface area (Å²) in [5.41, 5.74) is 9.74. The van der Waals surface area contributed by atoms with Gasteiger partial charge in [0.25, 0.3) is 0 Å². The van der Waals surface area contributed by atoms with Crippen molar-refractivity contribution >= 4 is 30.7 Å². The molecule has 2 saturated heterocycles. The molecule has 3 N–H and O–H groups in total. The van der Waals surface area contributed by atoms with Gasteiger partial charge in [-0.05, 0) is 61.9 Å². The quantitative estimate of drug-likeness (QED) is 0.654. The lowest BCUT2D eigenvalue weighted by molar-refractivity contribution is -0.139. The van der Waals surface area contributed by atoms with Crippen LogP contribution in [0.5, 0.6) is 0 Å². The lowest BCUT2D eigenvalue weighted by Crippen LogP contribution is -2.51. The number of H-pyrrole nitrogens is 1. The molecule has 2 aliphatic rings. The Bertz CT molecular complexity index is 789. The van der Waals surface area contributed by atoms with Gasteiger partial charge in [0.15, 0.2) is 0 Å². The number of benzene rings is 1. The highest BCUT2D eigenvalue weighted by Gasteiger charge is 2.40. The number of nitrogens with zero attached hydrogens (tertiary/aromatic N) is 3. The average Bonchev–Trinajstić information content (AvgIpc) is 3.26. The summed E-state index contributed by atoms with van der Waals surface area (Å²) >= 11 is 0. The van der Waals surface area contributed by atoms with Crippen molar-refractivity contribution in [3.05, 3.63) is 53.6 Å². The van der Waals surface area contributed by atoms with Crippen LogP contribution in [0, 0.1) is 5.41 Å². The summed E-state index contributed by atoms with van der Waals surface area (Å²) in [5, 5.41) is 0. The smallest absolute Gasteiger partial charge is 0.222 e. The second kappa shape index (κ2) is 11.9. The van der Waals surface area contributed by atoms with Gasteiger partial charge < -0.3 is 15.6 Å². The van der Waals surface area contributed by atoms with Crippen molar-refractivity contribution in [2.75, 3.05) is 32.7 Å². The number of hydrogen-bond donors (Lipinski definition) is 2. The third-order valence-corrected chi connectivity index (χ3v) is 6.73. The van der Waals surface area contributed by atoms with E-state index in [1.807, 2.05) is 6.20 Å². The molecule has 0 radical (unpaired) electrons. The third-order valence-electron chi connectivity index (χ3n) is 6.73. The molecule has 2 aromatic rings. The van der Waals surface area contributed by atoms with Gasteiger partial charge in [0.05, 0.1) is 6.33 Å². The molecule has 1 aromatic carbocycles. The van der Waals surface area contributed by atoms with Gasteiger partial charge in [0.1, 0.15) is 0 Å². The number of nitrogens with two attached hydrogens (primary N) is 1. The molecule has 4 rings (SSSR count). The van der Waals surface area contributed by atoms with Gasteiger partial charge in [-0.2, -0.15) is 0 Å². The maximum Gasteiger partial charge on any atom is 0.222 e. The summed E-state index contributed by atoms with van der Waals surface area (Å²) in [5.74, 6) is 0.315. The van der Waals surface area contributed by atoms with E-state index >= 15 is 0 Å². The largest absolute Gasteiger partial charge is 0.348 e. The van der Waals surface area contributed by atoms with Gasteiger partial charge in [0, 0.05) is 44.4 Å². The summed E-state index contributed by atoms with van der Waals surface area (Å²) in [6.07, 6.45) is 9.48. The monoisotopic (exact) mass is 467 g/mol. The highest BCUT2D eigenvalue weighted by atomic mass is 35.5. The first kappa shape index (κ1) is 25.7. The lowest BCUT2D eigenvalue weighted by atomic mass is 9.72. The number of carbonyl (C=O) groups is 1. The van der Waals surface area contributed by atoms with Gasteiger partial charge in [-0.15, -0.1) is 24.8 Å². The Morgan fingerprint density at radius 3 is 2.39 bits per heavy atom. The number of amides is 1. The van der Waals surface area contributed by atoms with Gasteiger partial charge in [-0.1, -0.05) is 24.3 Å². The molecule has 172 valence electrons. The molecule has 0 bridgehead atoms. The second-order valence-corrected chi connectivity index (χ2v) is 8.77. The molecule has 0 saturated carbocycles. The first-order chi connectivity index (χ1) is 14.2. The van der Waals surface area contributed by atoms with Crippen molar-refractivity contribution < 1.29 is 4.79 Å². The number of likely N-dealkylation sites (tertiary alicyclic amines) is 2. The molecule has 0 unspecified atom stereocenters. The van der Waals surface area contributed by atoms with Crippen LogP contribution in [0.2, 0.25) is 0 Å². The van der Waals surface area contributed by atoms with E-state index in [2.05, 4.69) is 44.0 Å². The first-order valence-electron chi connectivity index (χ1n) is 10.9. The van der Waals surface area contributed by atoms with E-state index in [4.69, 9.17) is 5.73 Å². The predicted octanol–water partition coefficient (Wildman–Crippen LogP) is 3.20. The summed E-state index contributed by atoms with van der Waals surface area (Å²) in [6, 6.07) is 8.90. The Morgan fingerprint density at radius 1 is 1.03 bits per heavy atom. The number of halogens is 2. The SMILES string of the molecule is Cl.Cl.NCCc1ccc(CN2CCC3(CCC(=O)N(CCc4cnc[nH]4)C3)CC2)cc1. The van der Waals surface area contributed by atoms with Crippen LogP contribution >= 0.6 is 24.8 Å². The maximum absolute atomic E-state index is 12.4. The van der Waals surface area contributed by atoms with Crippen molar-refractivity contribution in [1.29, 1.82) is 0 Å². The van der Waals surface area contributed by atoms with Crippen LogP contribution in [0.25, 0.3) is 0 Å². The minimum atomic E-state index is 0. The number of hydrogen-bond acceptors (Lipinski definition) is 4. The standard InChI is InChI=1S/C23H33N5O.2ClH/c24-11-6-19-1-3-20(4-2-19)16-27-13-9-23(10-14-27)8-5-22(29)28(17-23)12-7-21-15-25-18-26-21;;/h1-4,15,18H,5-14,16-17,24H2,(H,25,26);2*1H. The first-order valence-corrected chi connectivity index (χ1v) is 10.9. The third kappa shape index (κ3) is 6.69. The van der Waals surface area contributed by atoms with E-state index in [1.165, 1.54) is 24.0 Å². The van der Waals surface area contributed by atoms with Crippen LogP contribution in [-0.2, 0) is 24.2 Å². The van der Waals surface area contributed by atoms with Crippen molar-refractivity contribution in [3.63, 3.8) is 0 Å². The van der Waals surface area contributed by atoms with E-state index in [0.717, 1.165) is 57.7 Å². The Labute approximate surface area is 197 Å². The van der Waals surface area contributed by atoms with Crippen LogP contribution < -0.4 is 5.73 Å². The number of aromatic nitrogens is 2. The van der Waals surface area contributed by atoms with Crippen molar-refractivity contribution in [2.45, 2.75) is 45.1 Å². The highest BCUT2D eigenvalue weighted by Crippen LogP contribution is 2.40. The van der Waals surface area contributed by atoms with Gasteiger partial charge in [0.2, 0.25) is 5.91 Å². The zero-order chi connectivity index (χ0) is 20.1. The molecule has 1 spiro atoms. The topological polar surface area (TPSA) is 78.2 Å². The molecule has 2 fully saturated rings. The van der Waals surface area contributed by atoms with E-state index in [1.54, 1.807) is 6.33 Å². The number of rotatable bonds is 7. The molecular formula is C23H35Cl2N5O. The second-order valence-electron chi connectivity index (χ2n) is 8.77. The van der Waals surface area contributed by atoms with Crippen molar-refractivity contribution in [1.82, 2.24) is 19.8 Å². The fraction of sp³-hybridized carbons (Fsp3) is 0.565. The summed E-state index contributed by atoms with van der Waals surface area (Å²) in [6.45, 7) is 5.67. The van der Waals surface area contributed by atoms with Crippen LogP contribution in [0.3, 0.4) is 0 Å². The minimum absolute atomic E-state index is 0. The number of piperidine rings is 2. The predicted molar refractivity (Wildman–Crippen MR) is 129 cm³/mol. The molecule has 31 heavy (non-hydrogen) atoms. The summed E-state index contributed by atoms with van der Waals surface area (Å²) < 4.78 is 0. The van der Waals surface area contributed by atoms with Crippen LogP contribution in [0.1, 0.15) is 42.5 Å². The van der Waals surface area contributed by atoms with Crippen molar-refractivity contribution in [2.24, 2.45) is 11.1 Å². The van der Waals surface area contributed by atoms with Gasteiger partial charge in [-0.25, -0.2) is 4.98 Å². The number of carbonyl (C=O) groups excluding carboxylic acids is 1. The Kier molecular flexibility index (Phi) is 9.82. The number of aromatic amines is 1. The Balaban J connectivity index is 0.00000171. The molecule has 1 aromatic heterocycles. The van der Waals surface area contributed by atoms with Gasteiger partial charge in [-0.3, -0.25) is 9.69 Å². The van der Waals surface area contributed by atoms with Crippen LogP contribution in [0.15, 0.2) is 36.8 Å². The van der Waals surface area contributed by atoms with Crippen LogP contribution in [-0.4, -0.2) is 58.4 Å². The van der Waals surface area contributed by atoms with E-state index in [-0.39, 0.29) is 24.8 Å². The Hall–Kier alpha value is -1.60. The average molecular weight is 468 g/mol. The molecule has 6 nitrogen and oxygen atoms in total.